The smallest absolute Gasteiger partial charge is 0.0860 e. The molecule has 0 aromatic carbocycles. The van der Waals surface area contributed by atoms with E-state index >= 15 is 0 Å². The molecule has 1 fully saturated rings. The molecule has 1 aliphatic rings. The number of nitrogens with zero attached hydrogens (tertiary/aromatic N) is 2. The van der Waals surface area contributed by atoms with Gasteiger partial charge in [-0.05, 0) is 26.7 Å². The Morgan fingerprint density at radius 1 is 1.50 bits per heavy atom. The maximum Gasteiger partial charge on any atom is 0.0860 e. The summed E-state index contributed by atoms with van der Waals surface area (Å²) >= 11 is 6.26. The summed E-state index contributed by atoms with van der Waals surface area (Å²) in [4.78, 5) is 0. The summed E-state index contributed by atoms with van der Waals surface area (Å²) in [6, 6.07) is 0.458. The van der Waals surface area contributed by atoms with Crippen LogP contribution in [0, 0.1) is 6.92 Å². The van der Waals surface area contributed by atoms with Gasteiger partial charge in [0.05, 0.1) is 16.4 Å². The van der Waals surface area contributed by atoms with Crippen molar-refractivity contribution in [1.29, 1.82) is 0 Å². The van der Waals surface area contributed by atoms with E-state index in [-0.39, 0.29) is 0 Å². The Labute approximate surface area is 116 Å². The number of rotatable bonds is 4. The summed E-state index contributed by atoms with van der Waals surface area (Å²) in [6.07, 6.45) is 1.98. The third kappa shape index (κ3) is 3.13. The van der Waals surface area contributed by atoms with E-state index in [2.05, 4.69) is 17.3 Å². The van der Waals surface area contributed by atoms with Gasteiger partial charge in [0.15, 0.2) is 0 Å². The standard InChI is InChI=1S/C12H20ClN3OS/c1-3-16-11(12(13)9(2)15-16)8-14-10-4-6-18(17)7-5-10/h10,14H,3-8H2,1-2H3. The molecule has 2 rings (SSSR count). The lowest BCUT2D eigenvalue weighted by molar-refractivity contribution is 0.460. The zero-order chi connectivity index (χ0) is 13.1. The van der Waals surface area contributed by atoms with Crippen molar-refractivity contribution in [1.82, 2.24) is 15.1 Å². The monoisotopic (exact) mass is 289 g/mol. The first kappa shape index (κ1) is 14.0. The summed E-state index contributed by atoms with van der Waals surface area (Å²) < 4.78 is 13.2. The Morgan fingerprint density at radius 3 is 2.78 bits per heavy atom. The van der Waals surface area contributed by atoms with Crippen LogP contribution in [-0.4, -0.2) is 31.5 Å². The Balaban J connectivity index is 1.95. The number of nitrogens with one attached hydrogen (secondary N) is 1. The van der Waals surface area contributed by atoms with Crippen LogP contribution in [0.1, 0.15) is 31.2 Å². The minimum absolute atomic E-state index is 0.458. The molecule has 2 heterocycles. The molecule has 4 nitrogen and oxygen atoms in total. The maximum absolute atomic E-state index is 11.3. The van der Waals surface area contributed by atoms with Crippen LogP contribution in [0.5, 0.6) is 0 Å². The Hall–Kier alpha value is -0.390. The zero-order valence-corrected chi connectivity index (χ0v) is 12.5. The second-order valence-corrected chi connectivity index (χ2v) is 6.74. The van der Waals surface area contributed by atoms with Gasteiger partial charge in [-0.15, -0.1) is 0 Å². The second-order valence-electron chi connectivity index (χ2n) is 4.67. The first-order chi connectivity index (χ1) is 8.61. The quantitative estimate of drug-likeness (QED) is 0.920. The number of hydrogen-bond acceptors (Lipinski definition) is 3. The molecule has 0 unspecified atom stereocenters. The first-order valence-corrected chi connectivity index (χ1v) is 8.28. The van der Waals surface area contributed by atoms with Crippen LogP contribution in [0.4, 0.5) is 0 Å². The summed E-state index contributed by atoms with van der Waals surface area (Å²) in [7, 11) is -0.599. The van der Waals surface area contributed by atoms with Gasteiger partial charge < -0.3 is 5.32 Å². The number of aryl methyl sites for hydroxylation is 2. The SMILES string of the molecule is CCn1nc(C)c(Cl)c1CNC1CCS(=O)CC1. The fourth-order valence-electron chi connectivity index (χ4n) is 2.28. The van der Waals surface area contributed by atoms with Crippen molar-refractivity contribution in [3.63, 3.8) is 0 Å². The maximum atomic E-state index is 11.3. The van der Waals surface area contributed by atoms with E-state index in [0.29, 0.717) is 6.04 Å². The van der Waals surface area contributed by atoms with Crippen molar-refractivity contribution in [2.75, 3.05) is 11.5 Å². The van der Waals surface area contributed by atoms with Crippen molar-refractivity contribution in [3.05, 3.63) is 16.4 Å². The van der Waals surface area contributed by atoms with Crippen LogP contribution in [-0.2, 0) is 23.9 Å². The summed E-state index contributed by atoms with van der Waals surface area (Å²) in [5, 5.41) is 8.68. The summed E-state index contributed by atoms with van der Waals surface area (Å²) in [5.74, 6) is 1.63. The minimum Gasteiger partial charge on any atom is -0.308 e. The number of hydrogen-bond donors (Lipinski definition) is 1. The molecule has 1 N–H and O–H groups in total. The van der Waals surface area contributed by atoms with Gasteiger partial charge >= 0.3 is 0 Å². The van der Waals surface area contributed by atoms with Crippen molar-refractivity contribution < 1.29 is 4.21 Å². The molecule has 102 valence electrons. The predicted molar refractivity (Wildman–Crippen MR) is 75.4 cm³/mol. The van der Waals surface area contributed by atoms with Gasteiger partial charge in [0, 0.05) is 41.4 Å². The van der Waals surface area contributed by atoms with Gasteiger partial charge in [-0.2, -0.15) is 5.10 Å². The van der Waals surface area contributed by atoms with Crippen LogP contribution in [0.3, 0.4) is 0 Å². The van der Waals surface area contributed by atoms with Crippen molar-refractivity contribution in [3.8, 4) is 0 Å². The molecular weight excluding hydrogens is 270 g/mol. The lowest BCUT2D eigenvalue weighted by atomic mass is 10.1. The molecule has 6 heteroatoms. The van der Waals surface area contributed by atoms with Gasteiger partial charge in [0.1, 0.15) is 0 Å². The van der Waals surface area contributed by atoms with Crippen LogP contribution < -0.4 is 5.32 Å². The number of aromatic nitrogens is 2. The highest BCUT2D eigenvalue weighted by atomic mass is 35.5. The third-order valence-electron chi connectivity index (χ3n) is 3.40. The minimum atomic E-state index is -0.599. The van der Waals surface area contributed by atoms with E-state index in [0.717, 1.165) is 53.8 Å². The molecule has 0 radical (unpaired) electrons. The van der Waals surface area contributed by atoms with Crippen LogP contribution in [0.15, 0.2) is 0 Å². The van der Waals surface area contributed by atoms with E-state index < -0.39 is 10.8 Å². The lowest BCUT2D eigenvalue weighted by Gasteiger charge is -2.22. The molecule has 1 aromatic rings. The van der Waals surface area contributed by atoms with Gasteiger partial charge in [0.2, 0.25) is 0 Å². The van der Waals surface area contributed by atoms with E-state index in [1.54, 1.807) is 0 Å². The topological polar surface area (TPSA) is 46.9 Å². The Kier molecular flexibility index (Phi) is 4.81. The molecule has 1 aromatic heterocycles. The average Bonchev–Trinajstić information content (AvgIpc) is 2.65. The number of halogens is 1. The van der Waals surface area contributed by atoms with Crippen LogP contribution in [0.2, 0.25) is 5.02 Å². The molecule has 0 atom stereocenters. The van der Waals surface area contributed by atoms with E-state index in [1.165, 1.54) is 0 Å². The van der Waals surface area contributed by atoms with E-state index in [1.807, 2.05) is 11.6 Å². The summed E-state index contributed by atoms with van der Waals surface area (Å²) in [5.41, 5.74) is 1.95. The largest absolute Gasteiger partial charge is 0.308 e. The second kappa shape index (κ2) is 6.17. The Bertz CT molecular complexity index is 437. The highest BCUT2D eigenvalue weighted by molar-refractivity contribution is 7.85. The summed E-state index contributed by atoms with van der Waals surface area (Å²) in [6.45, 7) is 5.57. The van der Waals surface area contributed by atoms with E-state index in [4.69, 9.17) is 11.6 Å². The van der Waals surface area contributed by atoms with Crippen molar-refractivity contribution in [2.24, 2.45) is 0 Å². The molecule has 0 aliphatic carbocycles. The van der Waals surface area contributed by atoms with Crippen LogP contribution in [0.25, 0.3) is 0 Å². The van der Waals surface area contributed by atoms with Crippen molar-refractivity contribution >= 4 is 22.4 Å². The first-order valence-electron chi connectivity index (χ1n) is 6.42. The molecule has 0 amide bonds. The molecular formula is C12H20ClN3OS. The van der Waals surface area contributed by atoms with Gasteiger partial charge in [-0.3, -0.25) is 8.89 Å². The normalized spacial score (nSPS) is 24.4. The average molecular weight is 290 g/mol. The molecule has 1 aliphatic heterocycles. The van der Waals surface area contributed by atoms with E-state index in [9.17, 15) is 4.21 Å². The van der Waals surface area contributed by atoms with Gasteiger partial charge in [-0.1, -0.05) is 11.6 Å². The third-order valence-corrected chi connectivity index (χ3v) is 5.27. The molecule has 1 saturated heterocycles. The predicted octanol–water partition coefficient (Wildman–Crippen LogP) is 1.87. The van der Waals surface area contributed by atoms with Gasteiger partial charge in [0.25, 0.3) is 0 Å². The molecule has 0 bridgehead atoms. The molecule has 18 heavy (non-hydrogen) atoms. The fraction of sp³-hybridized carbons (Fsp3) is 0.750. The molecule has 0 spiro atoms. The highest BCUT2D eigenvalue weighted by Crippen LogP contribution is 2.20. The van der Waals surface area contributed by atoms with Gasteiger partial charge in [-0.25, -0.2) is 0 Å². The van der Waals surface area contributed by atoms with Crippen LogP contribution >= 0.6 is 11.6 Å². The zero-order valence-electron chi connectivity index (χ0n) is 10.9. The van der Waals surface area contributed by atoms with Crippen molar-refractivity contribution in [2.45, 2.75) is 45.8 Å². The highest BCUT2D eigenvalue weighted by Gasteiger charge is 2.19. The fourth-order valence-corrected chi connectivity index (χ4v) is 3.78. The molecule has 0 saturated carbocycles. The Morgan fingerprint density at radius 2 is 2.17 bits per heavy atom. The lowest BCUT2D eigenvalue weighted by Crippen LogP contribution is -2.35.